The number of carboxylic acid groups (broad SMARTS) is 2. The standard InChI is InChI=1S/C44H64N12O14/c1-21(2)16-30(54-38(63)27-10-7-15-47-27)43(68)55-31(17-24-19-48-26-9-6-5-8-25(24)26)41(66)50-22(3)37(62)49-20-35(59)52-28(11-13-33(45)57)39(64)53-29(12-14-36(60)61)40(65)56-32(18-34(46)58)42(67)51-23(4)44(69)70/h5-6,8-9,19,21-23,27-32,47-48H,7,10-18,20H2,1-4H3,(H2,45,57)(H2,46,58)(H,49,62)(H,50,66)(H,51,67)(H,52,59)(H,53,64)(H,54,63)(H,55,68)(H,56,65)(H,60,61)(H,69,70)/t22-,23-,27-,28-,29-,30-,31-,32-/m0/s1. The van der Waals surface area contributed by atoms with Gasteiger partial charge in [0.05, 0.1) is 19.0 Å². The summed E-state index contributed by atoms with van der Waals surface area (Å²) >= 11 is 0. The van der Waals surface area contributed by atoms with Gasteiger partial charge in [0.1, 0.15) is 42.3 Å². The number of primary amides is 2. The zero-order chi connectivity index (χ0) is 52.2. The monoisotopic (exact) mass is 984 g/mol. The van der Waals surface area contributed by atoms with Gasteiger partial charge in [-0.2, -0.15) is 0 Å². The summed E-state index contributed by atoms with van der Waals surface area (Å²) < 4.78 is 0. The smallest absolute Gasteiger partial charge is 0.325 e. The van der Waals surface area contributed by atoms with Crippen molar-refractivity contribution >= 4 is 81.9 Å². The Morgan fingerprint density at radius 1 is 0.657 bits per heavy atom. The van der Waals surface area contributed by atoms with Gasteiger partial charge in [-0.3, -0.25) is 57.5 Å². The molecule has 384 valence electrons. The lowest BCUT2D eigenvalue weighted by Gasteiger charge is -2.26. The molecule has 1 saturated heterocycles. The molecule has 2 heterocycles. The number of para-hydroxylation sites is 1. The molecule has 3 rings (SSSR count). The number of aliphatic carboxylic acids is 2. The summed E-state index contributed by atoms with van der Waals surface area (Å²) in [6, 6.07) is -3.40. The maximum atomic E-state index is 13.9. The first-order valence-corrected chi connectivity index (χ1v) is 22.6. The molecule has 70 heavy (non-hydrogen) atoms. The molecule has 16 N–H and O–H groups in total. The lowest BCUT2D eigenvalue weighted by molar-refractivity contribution is -0.142. The number of hydrogen-bond donors (Lipinski definition) is 14. The predicted molar refractivity (Wildman–Crippen MR) is 247 cm³/mol. The van der Waals surface area contributed by atoms with Gasteiger partial charge in [0.2, 0.25) is 59.1 Å². The molecule has 1 fully saturated rings. The molecule has 0 unspecified atom stereocenters. The number of fused-ring (bicyclic) bond motifs is 1. The summed E-state index contributed by atoms with van der Waals surface area (Å²) in [5.41, 5.74) is 11.9. The van der Waals surface area contributed by atoms with Crippen molar-refractivity contribution in [3.8, 4) is 0 Å². The molecule has 0 saturated carbocycles. The molecule has 1 aliphatic heterocycles. The van der Waals surface area contributed by atoms with E-state index in [1.54, 1.807) is 12.3 Å². The lowest BCUT2D eigenvalue weighted by atomic mass is 10.00. The highest BCUT2D eigenvalue weighted by Gasteiger charge is 2.34. The van der Waals surface area contributed by atoms with Gasteiger partial charge in [-0.25, -0.2) is 0 Å². The number of amides is 10. The van der Waals surface area contributed by atoms with Crippen molar-refractivity contribution in [1.29, 1.82) is 0 Å². The maximum Gasteiger partial charge on any atom is 0.325 e. The molecule has 1 aromatic heterocycles. The third-order valence-electron chi connectivity index (χ3n) is 11.0. The molecule has 0 bridgehead atoms. The Balaban J connectivity index is 1.74. The van der Waals surface area contributed by atoms with E-state index in [2.05, 4.69) is 52.8 Å². The van der Waals surface area contributed by atoms with Gasteiger partial charge >= 0.3 is 11.9 Å². The molecule has 1 aliphatic rings. The first-order chi connectivity index (χ1) is 32.9. The molecule has 10 amide bonds. The van der Waals surface area contributed by atoms with E-state index in [0.29, 0.717) is 18.5 Å². The van der Waals surface area contributed by atoms with Gasteiger partial charge in [0, 0.05) is 36.4 Å². The molecule has 0 radical (unpaired) electrons. The fourth-order valence-corrected chi connectivity index (χ4v) is 7.25. The van der Waals surface area contributed by atoms with Crippen LogP contribution in [0.2, 0.25) is 0 Å². The highest BCUT2D eigenvalue weighted by molar-refractivity contribution is 5.98. The Labute approximate surface area is 402 Å². The number of rotatable bonds is 29. The van der Waals surface area contributed by atoms with E-state index in [1.165, 1.54) is 6.92 Å². The average Bonchev–Trinajstić information content (AvgIpc) is 3.98. The van der Waals surface area contributed by atoms with Crippen LogP contribution in [0.25, 0.3) is 10.9 Å². The van der Waals surface area contributed by atoms with Gasteiger partial charge in [-0.15, -0.1) is 0 Å². The van der Waals surface area contributed by atoms with Crippen LogP contribution in [0.1, 0.15) is 84.6 Å². The van der Waals surface area contributed by atoms with Crippen molar-refractivity contribution in [3.05, 3.63) is 36.0 Å². The molecule has 0 aliphatic carbocycles. The minimum absolute atomic E-state index is 0.0254. The minimum Gasteiger partial charge on any atom is -0.481 e. The number of aromatic nitrogens is 1. The van der Waals surface area contributed by atoms with Crippen LogP contribution in [0.4, 0.5) is 0 Å². The summed E-state index contributed by atoms with van der Waals surface area (Å²) in [5.74, 6) is -12.0. The van der Waals surface area contributed by atoms with Crippen LogP contribution in [-0.2, 0) is 64.0 Å². The number of nitrogens with one attached hydrogen (secondary N) is 10. The molecule has 2 aromatic rings. The van der Waals surface area contributed by atoms with Crippen LogP contribution in [-0.4, -0.2) is 148 Å². The van der Waals surface area contributed by atoms with Crippen LogP contribution in [0.3, 0.4) is 0 Å². The molecule has 8 atom stereocenters. The fourth-order valence-electron chi connectivity index (χ4n) is 7.25. The van der Waals surface area contributed by atoms with E-state index in [1.807, 2.05) is 32.0 Å². The number of carboxylic acids is 2. The third kappa shape index (κ3) is 18.8. The van der Waals surface area contributed by atoms with E-state index in [4.69, 9.17) is 16.6 Å². The quantitative estimate of drug-likeness (QED) is 0.0371. The van der Waals surface area contributed by atoms with Gasteiger partial charge < -0.3 is 74.5 Å². The number of benzene rings is 1. The Morgan fingerprint density at radius 2 is 1.23 bits per heavy atom. The van der Waals surface area contributed by atoms with Crippen LogP contribution >= 0.6 is 0 Å². The number of carbonyl (C=O) groups excluding carboxylic acids is 10. The summed E-state index contributed by atoms with van der Waals surface area (Å²) in [7, 11) is 0. The van der Waals surface area contributed by atoms with Gasteiger partial charge in [-0.05, 0) is 70.0 Å². The normalized spacial score (nSPS) is 16.2. The minimum atomic E-state index is -1.76. The molecular weight excluding hydrogens is 921 g/mol. The van der Waals surface area contributed by atoms with Gasteiger partial charge in [-0.1, -0.05) is 32.0 Å². The summed E-state index contributed by atoms with van der Waals surface area (Å²) in [6.45, 7) is 6.01. The largest absolute Gasteiger partial charge is 0.481 e. The summed E-state index contributed by atoms with van der Waals surface area (Å²) in [4.78, 5) is 156. The van der Waals surface area contributed by atoms with Gasteiger partial charge in [0.15, 0.2) is 0 Å². The molecular formula is C44H64N12O14. The zero-order valence-electron chi connectivity index (χ0n) is 39.3. The van der Waals surface area contributed by atoms with Crippen molar-refractivity contribution in [1.82, 2.24) is 52.8 Å². The van der Waals surface area contributed by atoms with Crippen molar-refractivity contribution in [2.24, 2.45) is 17.4 Å². The van der Waals surface area contributed by atoms with Crippen molar-refractivity contribution < 1.29 is 67.7 Å². The Hall–Kier alpha value is -7.64. The second kappa shape index (κ2) is 27.4. The fraction of sp³-hybridized carbons (Fsp3) is 0.545. The average molecular weight is 985 g/mol. The van der Waals surface area contributed by atoms with Crippen LogP contribution in [0.5, 0.6) is 0 Å². The molecule has 26 heteroatoms. The number of H-pyrrole nitrogens is 1. The Kier molecular flexibility index (Phi) is 22.2. The van der Waals surface area contributed by atoms with E-state index >= 15 is 0 Å². The maximum absolute atomic E-state index is 13.9. The third-order valence-corrected chi connectivity index (χ3v) is 11.0. The molecule has 26 nitrogen and oxygen atoms in total. The van der Waals surface area contributed by atoms with Crippen LogP contribution in [0.15, 0.2) is 30.5 Å². The molecule has 1 aromatic carbocycles. The highest BCUT2D eigenvalue weighted by atomic mass is 16.4. The zero-order valence-corrected chi connectivity index (χ0v) is 39.3. The summed E-state index contributed by atoms with van der Waals surface area (Å²) in [5, 5.41) is 41.5. The van der Waals surface area contributed by atoms with E-state index in [0.717, 1.165) is 24.2 Å². The van der Waals surface area contributed by atoms with E-state index in [-0.39, 0.29) is 24.7 Å². The van der Waals surface area contributed by atoms with E-state index in [9.17, 15) is 62.6 Å². The Morgan fingerprint density at radius 3 is 1.83 bits per heavy atom. The topological polar surface area (TPSA) is 421 Å². The van der Waals surface area contributed by atoms with Crippen molar-refractivity contribution in [2.75, 3.05) is 13.1 Å². The van der Waals surface area contributed by atoms with Crippen LogP contribution < -0.4 is 59.3 Å². The summed E-state index contributed by atoms with van der Waals surface area (Å²) in [6.07, 6.45) is 0.224. The number of carbonyl (C=O) groups is 12. The Bertz CT molecular complexity index is 2260. The number of nitrogens with two attached hydrogens (primary N) is 2. The van der Waals surface area contributed by atoms with Crippen molar-refractivity contribution in [3.63, 3.8) is 0 Å². The SMILES string of the molecule is CC(C)C[C@H](NC(=O)[C@@H]1CCCN1)C(=O)N[C@@H](Cc1c[nH]c2ccccc12)C(=O)N[C@@H](C)C(=O)NCC(=O)N[C@@H](CCC(N)=O)C(=O)N[C@@H](CCC(=O)O)C(=O)N[C@@H](CC(N)=O)C(=O)N[C@@H](C)C(=O)O. The predicted octanol–water partition coefficient (Wildman–Crippen LogP) is -3.85. The van der Waals surface area contributed by atoms with E-state index < -0.39 is 152 Å². The first-order valence-electron chi connectivity index (χ1n) is 22.6. The number of aromatic amines is 1. The van der Waals surface area contributed by atoms with Crippen molar-refractivity contribution in [2.45, 2.75) is 134 Å². The molecule has 0 spiro atoms. The van der Waals surface area contributed by atoms with Crippen LogP contribution in [0, 0.1) is 5.92 Å². The second-order valence-corrected chi connectivity index (χ2v) is 17.3. The second-order valence-electron chi connectivity index (χ2n) is 17.3. The first kappa shape index (κ1) is 56.7. The number of hydrogen-bond acceptors (Lipinski definition) is 13. The highest BCUT2D eigenvalue weighted by Crippen LogP contribution is 2.20. The lowest BCUT2D eigenvalue weighted by Crippen LogP contribution is -2.59. The van der Waals surface area contributed by atoms with Gasteiger partial charge in [0.25, 0.3) is 0 Å².